The predicted molar refractivity (Wildman–Crippen MR) is 126 cm³/mol. The number of alkyl halides is 3. The van der Waals surface area contributed by atoms with Gasteiger partial charge in [-0.25, -0.2) is 4.79 Å². The lowest BCUT2D eigenvalue weighted by Crippen LogP contribution is -2.51. The van der Waals surface area contributed by atoms with E-state index in [0.29, 0.717) is 24.1 Å². The number of fused-ring (bicyclic) bond motifs is 1. The number of rotatable bonds is 6. The zero-order chi connectivity index (χ0) is 25.9. The van der Waals surface area contributed by atoms with Gasteiger partial charge >= 0.3 is 11.9 Å². The first-order chi connectivity index (χ1) is 17.1. The van der Waals surface area contributed by atoms with E-state index >= 15 is 0 Å². The van der Waals surface area contributed by atoms with Gasteiger partial charge in [-0.05, 0) is 37.8 Å². The lowest BCUT2D eigenvalue weighted by Gasteiger charge is -2.37. The van der Waals surface area contributed by atoms with Crippen LogP contribution in [0.2, 0.25) is 0 Å². The number of nitrogens with zero attached hydrogens (tertiary/aromatic N) is 3. The number of hydrogen-bond donors (Lipinski definition) is 2. The largest absolute Gasteiger partial charge is 0.418 e. The first kappa shape index (κ1) is 25.5. The average molecular weight is 508 g/mol. The molecule has 0 spiro atoms. The van der Waals surface area contributed by atoms with Gasteiger partial charge in [0.25, 0.3) is 5.56 Å². The molecule has 1 saturated heterocycles. The molecule has 1 aliphatic carbocycles. The summed E-state index contributed by atoms with van der Waals surface area (Å²) in [6.07, 6.45) is -1.55. The molecule has 1 aliphatic heterocycles. The third-order valence-electron chi connectivity index (χ3n) is 6.69. The molecule has 1 aromatic heterocycles. The lowest BCUT2D eigenvalue weighted by atomic mass is 9.97. The zero-order valence-corrected chi connectivity index (χ0v) is 19.7. The first-order valence-corrected chi connectivity index (χ1v) is 12.0. The van der Waals surface area contributed by atoms with Crippen molar-refractivity contribution >= 4 is 17.5 Å². The van der Waals surface area contributed by atoms with Gasteiger partial charge in [-0.2, -0.15) is 13.2 Å². The van der Waals surface area contributed by atoms with E-state index in [1.807, 2.05) is 0 Å². The Bertz CT molecular complexity index is 1250. The Labute approximate surface area is 204 Å². The number of halogens is 3. The Balaban J connectivity index is 1.27. The van der Waals surface area contributed by atoms with Gasteiger partial charge in [0, 0.05) is 56.1 Å². The number of carbonyl (C=O) groups excluding carboxylic acids is 2. The quantitative estimate of drug-likeness (QED) is 0.613. The molecule has 0 atom stereocenters. The standard InChI is InChI=1S/C24H28F3N5O4/c25-24(26,27)17-6-2-4-8-19(17)30-11-13-31(14-12-30)21(34)15-28-20(33)9-10-32-18-7-3-1-5-16(18)22(35)29-23(32)36/h2,4,6,8H,1,3,5,7,9-15H2,(H,28,33)(H,29,35,36). The fourth-order valence-electron chi connectivity index (χ4n) is 4.80. The molecule has 194 valence electrons. The summed E-state index contributed by atoms with van der Waals surface area (Å²) in [7, 11) is 0. The summed E-state index contributed by atoms with van der Waals surface area (Å²) in [6.45, 7) is 0.811. The van der Waals surface area contributed by atoms with E-state index in [1.54, 1.807) is 11.0 Å². The van der Waals surface area contributed by atoms with Crippen LogP contribution in [0, 0.1) is 0 Å². The molecule has 2 aromatic rings. The molecule has 0 bridgehead atoms. The van der Waals surface area contributed by atoms with Gasteiger partial charge in [-0.3, -0.25) is 23.9 Å². The smallest absolute Gasteiger partial charge is 0.367 e. The van der Waals surface area contributed by atoms with E-state index in [4.69, 9.17) is 0 Å². The highest BCUT2D eigenvalue weighted by Crippen LogP contribution is 2.36. The molecule has 9 nitrogen and oxygen atoms in total. The maximum atomic E-state index is 13.3. The molecule has 1 aromatic carbocycles. The lowest BCUT2D eigenvalue weighted by molar-refractivity contribution is -0.137. The molecule has 0 radical (unpaired) electrons. The number of anilines is 1. The predicted octanol–water partition coefficient (Wildman–Crippen LogP) is 1.29. The number of aromatic nitrogens is 2. The van der Waals surface area contributed by atoms with Crippen molar-refractivity contribution in [3.05, 3.63) is 61.9 Å². The second-order valence-corrected chi connectivity index (χ2v) is 8.95. The maximum absolute atomic E-state index is 13.3. The van der Waals surface area contributed by atoms with Crippen LogP contribution >= 0.6 is 0 Å². The molecule has 4 rings (SSSR count). The van der Waals surface area contributed by atoms with Crippen LogP contribution in [0.5, 0.6) is 0 Å². The van der Waals surface area contributed by atoms with Crippen molar-refractivity contribution in [2.45, 2.75) is 44.8 Å². The van der Waals surface area contributed by atoms with Gasteiger partial charge in [-0.15, -0.1) is 0 Å². The molecule has 36 heavy (non-hydrogen) atoms. The normalized spacial score (nSPS) is 16.0. The molecular formula is C24H28F3N5O4. The van der Waals surface area contributed by atoms with Crippen LogP contribution in [0.15, 0.2) is 33.9 Å². The Morgan fingerprint density at radius 1 is 1.00 bits per heavy atom. The second-order valence-electron chi connectivity index (χ2n) is 8.95. The Morgan fingerprint density at radius 2 is 1.69 bits per heavy atom. The minimum absolute atomic E-state index is 0.0341. The van der Waals surface area contributed by atoms with Crippen molar-refractivity contribution in [3.8, 4) is 0 Å². The number of aromatic amines is 1. The van der Waals surface area contributed by atoms with Gasteiger partial charge in [0.05, 0.1) is 12.1 Å². The number of amides is 2. The number of para-hydroxylation sites is 1. The summed E-state index contributed by atoms with van der Waals surface area (Å²) < 4.78 is 41.4. The third kappa shape index (κ3) is 5.63. The van der Waals surface area contributed by atoms with Gasteiger partial charge in [0.15, 0.2) is 0 Å². The number of piperazine rings is 1. The molecule has 2 aliphatic rings. The first-order valence-electron chi connectivity index (χ1n) is 12.0. The van der Waals surface area contributed by atoms with Gasteiger partial charge in [0.2, 0.25) is 11.8 Å². The monoisotopic (exact) mass is 507 g/mol. The summed E-state index contributed by atoms with van der Waals surface area (Å²) in [5.41, 5.74) is -0.278. The fraction of sp³-hybridized carbons (Fsp3) is 0.500. The summed E-state index contributed by atoms with van der Waals surface area (Å²) in [5, 5.41) is 2.55. The Hall–Kier alpha value is -3.57. The minimum atomic E-state index is -4.46. The number of carbonyl (C=O) groups is 2. The van der Waals surface area contributed by atoms with E-state index in [0.717, 1.165) is 18.9 Å². The van der Waals surface area contributed by atoms with Crippen LogP contribution in [-0.4, -0.2) is 59.0 Å². The molecular weight excluding hydrogens is 479 g/mol. The van der Waals surface area contributed by atoms with Crippen molar-refractivity contribution in [2.24, 2.45) is 0 Å². The molecule has 1 fully saturated rings. The number of benzene rings is 1. The molecule has 2 N–H and O–H groups in total. The summed E-state index contributed by atoms with van der Waals surface area (Å²) in [5.74, 6) is -0.741. The van der Waals surface area contributed by atoms with Crippen molar-refractivity contribution < 1.29 is 22.8 Å². The zero-order valence-electron chi connectivity index (χ0n) is 19.7. The molecule has 2 amide bonds. The number of H-pyrrole nitrogens is 1. The van der Waals surface area contributed by atoms with E-state index in [1.165, 1.54) is 21.6 Å². The van der Waals surface area contributed by atoms with Gasteiger partial charge in [-0.1, -0.05) is 12.1 Å². The van der Waals surface area contributed by atoms with Gasteiger partial charge < -0.3 is 15.1 Å². The van der Waals surface area contributed by atoms with Crippen molar-refractivity contribution in [3.63, 3.8) is 0 Å². The van der Waals surface area contributed by atoms with Crippen LogP contribution in [0.3, 0.4) is 0 Å². The number of hydrogen-bond acceptors (Lipinski definition) is 5. The Morgan fingerprint density at radius 3 is 2.42 bits per heavy atom. The minimum Gasteiger partial charge on any atom is -0.367 e. The average Bonchev–Trinajstić information content (AvgIpc) is 2.86. The van der Waals surface area contributed by atoms with E-state index < -0.39 is 23.3 Å². The van der Waals surface area contributed by atoms with E-state index in [9.17, 15) is 32.3 Å². The van der Waals surface area contributed by atoms with Crippen LogP contribution in [0.1, 0.15) is 36.1 Å². The molecule has 0 saturated carbocycles. The van der Waals surface area contributed by atoms with Crippen LogP contribution in [0.4, 0.5) is 18.9 Å². The van der Waals surface area contributed by atoms with E-state index in [-0.39, 0.29) is 62.8 Å². The Kier molecular flexibility index (Phi) is 7.51. The topological polar surface area (TPSA) is 108 Å². The maximum Gasteiger partial charge on any atom is 0.418 e. The van der Waals surface area contributed by atoms with Crippen molar-refractivity contribution in [1.29, 1.82) is 0 Å². The van der Waals surface area contributed by atoms with Crippen molar-refractivity contribution in [1.82, 2.24) is 19.8 Å². The third-order valence-corrected chi connectivity index (χ3v) is 6.69. The van der Waals surface area contributed by atoms with Crippen LogP contribution < -0.4 is 21.5 Å². The number of nitrogens with one attached hydrogen (secondary N) is 2. The molecule has 2 heterocycles. The van der Waals surface area contributed by atoms with Crippen LogP contribution in [-0.2, 0) is 35.2 Å². The SMILES string of the molecule is O=C(CCn1c2c(c(=O)[nH]c1=O)CCCC2)NCC(=O)N1CCN(c2ccccc2C(F)(F)F)CC1. The van der Waals surface area contributed by atoms with E-state index in [2.05, 4.69) is 10.3 Å². The molecule has 0 unspecified atom stereocenters. The van der Waals surface area contributed by atoms with Gasteiger partial charge in [0.1, 0.15) is 0 Å². The summed E-state index contributed by atoms with van der Waals surface area (Å²) in [4.78, 5) is 54.6. The summed E-state index contributed by atoms with van der Waals surface area (Å²) >= 11 is 0. The fourth-order valence-corrected chi connectivity index (χ4v) is 4.80. The summed E-state index contributed by atoms with van der Waals surface area (Å²) in [6, 6.07) is 5.36. The molecule has 12 heteroatoms. The second kappa shape index (κ2) is 10.6. The van der Waals surface area contributed by atoms with Crippen LogP contribution in [0.25, 0.3) is 0 Å². The highest BCUT2D eigenvalue weighted by molar-refractivity contribution is 5.84. The highest BCUT2D eigenvalue weighted by atomic mass is 19.4. The highest BCUT2D eigenvalue weighted by Gasteiger charge is 2.35. The van der Waals surface area contributed by atoms with Crippen molar-refractivity contribution in [2.75, 3.05) is 37.6 Å².